The summed E-state index contributed by atoms with van der Waals surface area (Å²) in [4.78, 5) is 43.4. The average molecular weight is 392 g/mol. The Morgan fingerprint density at radius 1 is 1.03 bits per heavy atom. The summed E-state index contributed by atoms with van der Waals surface area (Å²) < 4.78 is 0. The van der Waals surface area contributed by atoms with E-state index >= 15 is 0 Å². The van der Waals surface area contributed by atoms with Gasteiger partial charge in [-0.25, -0.2) is 4.79 Å². The number of rotatable bonds is 6. The fourth-order valence-electron chi connectivity index (χ4n) is 3.72. The molecule has 1 unspecified atom stereocenters. The molecule has 2 aromatic carbocycles. The fraction of sp³-hybridized carbons (Fsp3) is 0.318. The van der Waals surface area contributed by atoms with Crippen LogP contribution in [0.2, 0.25) is 0 Å². The lowest BCUT2D eigenvalue weighted by atomic mass is 10.1. The summed E-state index contributed by atoms with van der Waals surface area (Å²) in [6, 6.07) is 13.7. The zero-order chi connectivity index (χ0) is 20.4. The second-order valence-electron chi connectivity index (χ2n) is 7.52. The van der Waals surface area contributed by atoms with Gasteiger partial charge in [-0.3, -0.25) is 9.59 Å². The number of amides is 2. The lowest BCUT2D eigenvalue weighted by molar-refractivity contribution is -0.129. The van der Waals surface area contributed by atoms with Gasteiger partial charge in [0, 0.05) is 26.1 Å². The molecule has 1 fully saturated rings. The first-order valence-corrected chi connectivity index (χ1v) is 9.86. The maximum atomic E-state index is 12.6. The zero-order valence-corrected chi connectivity index (χ0v) is 16.3. The van der Waals surface area contributed by atoms with Crippen LogP contribution in [0.4, 0.5) is 0 Å². The van der Waals surface area contributed by atoms with Gasteiger partial charge in [-0.1, -0.05) is 37.3 Å². The molecular weight excluding hydrogens is 368 g/mol. The molecule has 3 aromatic rings. The number of benzene rings is 2. The van der Waals surface area contributed by atoms with Crippen molar-refractivity contribution in [1.29, 1.82) is 0 Å². The van der Waals surface area contributed by atoms with Crippen molar-refractivity contribution in [3.8, 4) is 0 Å². The Morgan fingerprint density at radius 3 is 2.48 bits per heavy atom. The highest BCUT2D eigenvalue weighted by Crippen LogP contribution is 2.21. The number of nitrogens with zero attached hydrogens (tertiary/aromatic N) is 1. The van der Waals surface area contributed by atoms with Gasteiger partial charge in [0.25, 0.3) is 0 Å². The summed E-state index contributed by atoms with van der Waals surface area (Å²) in [5.41, 5.74) is 4.41. The van der Waals surface area contributed by atoms with Crippen LogP contribution in [-0.4, -0.2) is 33.2 Å². The maximum absolute atomic E-state index is 12.6. The van der Waals surface area contributed by atoms with Crippen LogP contribution < -0.4 is 11.0 Å². The second-order valence-corrected chi connectivity index (χ2v) is 7.52. The monoisotopic (exact) mass is 392 g/mol. The van der Waals surface area contributed by atoms with E-state index in [2.05, 4.69) is 34.3 Å². The smallest absolute Gasteiger partial charge is 0.323 e. The van der Waals surface area contributed by atoms with Gasteiger partial charge in [0.15, 0.2) is 0 Å². The van der Waals surface area contributed by atoms with E-state index in [9.17, 15) is 14.4 Å². The predicted octanol–water partition coefficient (Wildman–Crippen LogP) is 2.08. The van der Waals surface area contributed by atoms with Crippen LogP contribution in [0.25, 0.3) is 11.0 Å². The summed E-state index contributed by atoms with van der Waals surface area (Å²) in [6.45, 7) is 3.43. The summed E-state index contributed by atoms with van der Waals surface area (Å²) in [7, 11) is 0. The van der Waals surface area contributed by atoms with E-state index in [1.165, 1.54) is 5.56 Å². The molecule has 1 saturated heterocycles. The van der Waals surface area contributed by atoms with Crippen molar-refractivity contribution in [3.63, 3.8) is 0 Å². The van der Waals surface area contributed by atoms with E-state index in [0.29, 0.717) is 25.2 Å². The molecule has 3 N–H and O–H groups in total. The fourth-order valence-corrected chi connectivity index (χ4v) is 3.72. The molecule has 1 aromatic heterocycles. The molecule has 1 aliphatic heterocycles. The number of aryl methyl sites for hydroxylation is 1. The van der Waals surface area contributed by atoms with Crippen molar-refractivity contribution in [2.24, 2.45) is 5.92 Å². The van der Waals surface area contributed by atoms with Crippen LogP contribution in [0.5, 0.6) is 0 Å². The van der Waals surface area contributed by atoms with Crippen LogP contribution in [0.3, 0.4) is 0 Å². The number of nitrogens with one attached hydrogen (secondary N) is 3. The highest BCUT2D eigenvalue weighted by atomic mass is 16.2. The molecular formula is C22H24N4O3. The van der Waals surface area contributed by atoms with Crippen molar-refractivity contribution in [3.05, 3.63) is 69.6 Å². The third-order valence-electron chi connectivity index (χ3n) is 5.44. The van der Waals surface area contributed by atoms with Crippen LogP contribution >= 0.6 is 0 Å². The zero-order valence-electron chi connectivity index (χ0n) is 16.3. The third-order valence-corrected chi connectivity index (χ3v) is 5.44. The summed E-state index contributed by atoms with van der Waals surface area (Å²) in [5.74, 6) is -0.450. The number of hydrogen-bond acceptors (Lipinski definition) is 3. The molecule has 0 radical (unpaired) electrons. The molecule has 0 bridgehead atoms. The van der Waals surface area contributed by atoms with Gasteiger partial charge >= 0.3 is 5.69 Å². The van der Waals surface area contributed by atoms with E-state index in [4.69, 9.17) is 0 Å². The van der Waals surface area contributed by atoms with Crippen molar-refractivity contribution >= 4 is 22.8 Å². The van der Waals surface area contributed by atoms with Crippen molar-refractivity contribution in [2.45, 2.75) is 32.9 Å². The molecule has 0 saturated carbocycles. The minimum absolute atomic E-state index is 0.0102. The number of carbonyl (C=O) groups excluding carboxylic acids is 2. The number of H-pyrrole nitrogens is 2. The van der Waals surface area contributed by atoms with Crippen LogP contribution in [0.15, 0.2) is 47.3 Å². The van der Waals surface area contributed by atoms with Crippen LogP contribution in [-0.2, 0) is 29.1 Å². The Labute approximate surface area is 168 Å². The Balaban J connectivity index is 1.33. The Hall–Kier alpha value is -3.35. The molecule has 1 aliphatic rings. The number of carbonyl (C=O) groups is 2. The number of aromatic amines is 2. The quantitative estimate of drug-likeness (QED) is 0.599. The van der Waals surface area contributed by atoms with Crippen molar-refractivity contribution in [1.82, 2.24) is 20.2 Å². The van der Waals surface area contributed by atoms with Crippen LogP contribution in [0, 0.1) is 5.92 Å². The van der Waals surface area contributed by atoms with Gasteiger partial charge in [0.1, 0.15) is 0 Å². The molecule has 4 rings (SSSR count). The first kappa shape index (κ1) is 19.0. The number of fused-ring (bicyclic) bond motifs is 1. The number of likely N-dealkylation sites (tertiary alicyclic amines) is 1. The van der Waals surface area contributed by atoms with E-state index < -0.39 is 0 Å². The largest absolute Gasteiger partial charge is 0.352 e. The van der Waals surface area contributed by atoms with Gasteiger partial charge in [-0.2, -0.15) is 0 Å². The molecule has 1 atom stereocenters. The van der Waals surface area contributed by atoms with Gasteiger partial charge in [-0.15, -0.1) is 0 Å². The number of aromatic nitrogens is 2. The molecule has 2 amide bonds. The summed E-state index contributed by atoms with van der Waals surface area (Å²) in [6.07, 6.45) is 1.22. The van der Waals surface area contributed by atoms with Crippen molar-refractivity contribution in [2.75, 3.05) is 6.54 Å². The van der Waals surface area contributed by atoms with E-state index in [0.717, 1.165) is 23.1 Å². The van der Waals surface area contributed by atoms with Gasteiger partial charge < -0.3 is 20.2 Å². The summed E-state index contributed by atoms with van der Waals surface area (Å²) >= 11 is 0. The minimum atomic E-state index is -0.340. The van der Waals surface area contributed by atoms with E-state index in [1.54, 1.807) is 11.0 Å². The first-order chi connectivity index (χ1) is 14.0. The van der Waals surface area contributed by atoms with Crippen LogP contribution in [0.1, 0.15) is 30.0 Å². The SMILES string of the molecule is CCc1ccc(CN2CC(C(=O)NCc3ccc4[nH]c(=O)[nH]c4c3)CC2=O)cc1. The minimum Gasteiger partial charge on any atom is -0.352 e. The third kappa shape index (κ3) is 4.23. The highest BCUT2D eigenvalue weighted by Gasteiger charge is 2.34. The standard InChI is InChI=1S/C22H24N4O3/c1-2-14-3-5-15(6-4-14)12-26-13-17(10-20(26)27)21(28)23-11-16-7-8-18-19(9-16)25-22(29)24-18/h3-9,17H,2,10-13H2,1H3,(H,23,28)(H2,24,25,29). The lowest BCUT2D eigenvalue weighted by Gasteiger charge is -2.17. The Kier molecular flexibility index (Phi) is 5.20. The van der Waals surface area contributed by atoms with E-state index in [-0.39, 0.29) is 29.8 Å². The van der Waals surface area contributed by atoms with Gasteiger partial charge in [-0.05, 0) is 35.2 Å². The Bertz CT molecular complexity index is 1100. The first-order valence-electron chi connectivity index (χ1n) is 9.86. The molecule has 0 aliphatic carbocycles. The second kappa shape index (κ2) is 7.95. The number of hydrogen-bond donors (Lipinski definition) is 3. The molecule has 150 valence electrons. The van der Waals surface area contributed by atoms with Gasteiger partial charge in [0.05, 0.1) is 17.0 Å². The predicted molar refractivity (Wildman–Crippen MR) is 110 cm³/mol. The normalized spacial score (nSPS) is 16.5. The Morgan fingerprint density at radius 2 is 1.72 bits per heavy atom. The molecule has 0 spiro atoms. The van der Waals surface area contributed by atoms with E-state index in [1.807, 2.05) is 24.3 Å². The molecule has 7 nitrogen and oxygen atoms in total. The topological polar surface area (TPSA) is 98.1 Å². The maximum Gasteiger partial charge on any atom is 0.323 e. The molecule has 2 heterocycles. The van der Waals surface area contributed by atoms with Crippen molar-refractivity contribution < 1.29 is 9.59 Å². The average Bonchev–Trinajstić information content (AvgIpc) is 3.28. The van der Waals surface area contributed by atoms with Gasteiger partial charge in [0.2, 0.25) is 11.8 Å². The number of imidazole rings is 1. The summed E-state index contributed by atoms with van der Waals surface area (Å²) in [5, 5.41) is 2.91. The lowest BCUT2D eigenvalue weighted by Crippen LogP contribution is -2.32. The molecule has 7 heteroatoms. The highest BCUT2D eigenvalue weighted by molar-refractivity contribution is 5.89. The molecule has 29 heavy (non-hydrogen) atoms.